The van der Waals surface area contributed by atoms with Crippen LogP contribution in [0.4, 0.5) is 17.2 Å². The highest BCUT2D eigenvalue weighted by atomic mass is 32.2. The fourth-order valence-corrected chi connectivity index (χ4v) is 3.91. The summed E-state index contributed by atoms with van der Waals surface area (Å²) in [5, 5.41) is 17.3. The summed E-state index contributed by atoms with van der Waals surface area (Å²) in [4.78, 5) is 33.7. The van der Waals surface area contributed by atoms with Crippen LogP contribution in [-0.2, 0) is 11.8 Å². The van der Waals surface area contributed by atoms with Crippen LogP contribution in [0.1, 0.15) is 10.4 Å². The Balaban J connectivity index is 1.27. The van der Waals surface area contributed by atoms with E-state index in [2.05, 4.69) is 48.0 Å². The summed E-state index contributed by atoms with van der Waals surface area (Å²) in [5.41, 5.74) is 1.72. The molecule has 12 heteroatoms. The first-order valence-electron chi connectivity index (χ1n) is 10.4. The number of aryl methyl sites for hydroxylation is 1. The van der Waals surface area contributed by atoms with Crippen LogP contribution in [-0.4, -0.2) is 80.9 Å². The smallest absolute Gasteiger partial charge is 0.255 e. The second kappa shape index (κ2) is 10.4. The van der Waals surface area contributed by atoms with Crippen molar-refractivity contribution in [1.82, 2.24) is 30.1 Å². The van der Waals surface area contributed by atoms with Gasteiger partial charge in [-0.2, -0.15) is 0 Å². The van der Waals surface area contributed by atoms with Crippen LogP contribution in [0.2, 0.25) is 0 Å². The summed E-state index contributed by atoms with van der Waals surface area (Å²) in [6.45, 7) is 3.89. The maximum atomic E-state index is 12.6. The number of amides is 2. The first-order valence-corrected chi connectivity index (χ1v) is 11.4. The van der Waals surface area contributed by atoms with E-state index in [4.69, 9.17) is 0 Å². The molecule has 3 heterocycles. The van der Waals surface area contributed by atoms with Crippen LogP contribution in [0.15, 0.2) is 47.8 Å². The van der Waals surface area contributed by atoms with Gasteiger partial charge in [-0.3, -0.25) is 9.59 Å². The Hall–Kier alpha value is -3.51. The molecule has 1 aliphatic rings. The van der Waals surface area contributed by atoms with Crippen molar-refractivity contribution in [1.29, 1.82) is 0 Å². The molecule has 2 aromatic heterocycles. The topological polar surface area (TPSA) is 121 Å². The number of nitrogens with zero attached hydrogens (tertiary/aromatic N) is 7. The Morgan fingerprint density at radius 1 is 0.970 bits per heavy atom. The third-order valence-electron chi connectivity index (χ3n) is 5.18. The molecule has 0 spiro atoms. The fraction of sp³-hybridized carbons (Fsp3) is 0.333. The molecule has 0 unspecified atom stereocenters. The van der Waals surface area contributed by atoms with Gasteiger partial charge in [-0.25, -0.2) is 9.67 Å². The molecule has 3 aromatic rings. The van der Waals surface area contributed by atoms with Crippen LogP contribution in [0.3, 0.4) is 0 Å². The number of hydrogen-bond donors (Lipinski definition) is 2. The number of hydrogen-bond acceptors (Lipinski definition) is 9. The Kier molecular flexibility index (Phi) is 7.15. The van der Waals surface area contributed by atoms with Gasteiger partial charge in [0.15, 0.2) is 0 Å². The summed E-state index contributed by atoms with van der Waals surface area (Å²) >= 11 is 1.24. The van der Waals surface area contributed by atoms with Gasteiger partial charge in [0, 0.05) is 44.5 Å². The lowest BCUT2D eigenvalue weighted by molar-refractivity contribution is -0.113. The molecule has 1 aromatic carbocycles. The van der Waals surface area contributed by atoms with Crippen molar-refractivity contribution in [3.8, 4) is 0 Å². The van der Waals surface area contributed by atoms with E-state index in [9.17, 15) is 9.59 Å². The first kappa shape index (κ1) is 22.7. The van der Waals surface area contributed by atoms with Crippen molar-refractivity contribution in [3.05, 3.63) is 48.2 Å². The number of carbonyl (C=O) groups is 2. The standard InChI is InChI=1S/C21H25N9O2S/c1-28-9-11-30(12-10-28)18-8-7-17(13-22-18)24-20(32)15-3-5-16(6-4-15)23-19(31)14-33-21-25-26-27-29(21)2/h3-8,13H,9-12,14H2,1-2H3,(H,23,31)(H,24,32). The highest BCUT2D eigenvalue weighted by molar-refractivity contribution is 7.99. The highest BCUT2D eigenvalue weighted by Gasteiger charge is 2.15. The molecule has 0 saturated carbocycles. The number of carbonyl (C=O) groups excluding carboxylic acids is 2. The maximum absolute atomic E-state index is 12.6. The molecular weight excluding hydrogens is 442 g/mol. The molecule has 0 atom stereocenters. The summed E-state index contributed by atoms with van der Waals surface area (Å²) in [5.74, 6) is 0.655. The monoisotopic (exact) mass is 467 g/mol. The lowest BCUT2D eigenvalue weighted by Gasteiger charge is -2.33. The number of aromatic nitrogens is 5. The summed E-state index contributed by atoms with van der Waals surface area (Å²) in [6, 6.07) is 10.5. The molecule has 0 bridgehead atoms. The molecule has 1 aliphatic heterocycles. The van der Waals surface area contributed by atoms with Gasteiger partial charge in [-0.1, -0.05) is 11.8 Å². The number of likely N-dealkylation sites (N-methyl/N-ethyl adjacent to an activating group) is 1. The Morgan fingerprint density at radius 2 is 1.70 bits per heavy atom. The lowest BCUT2D eigenvalue weighted by atomic mass is 10.2. The number of rotatable bonds is 7. The lowest BCUT2D eigenvalue weighted by Crippen LogP contribution is -2.44. The predicted molar refractivity (Wildman–Crippen MR) is 126 cm³/mol. The van der Waals surface area contributed by atoms with Crippen LogP contribution in [0.25, 0.3) is 0 Å². The molecule has 172 valence electrons. The molecule has 2 N–H and O–H groups in total. The molecule has 4 rings (SSSR count). The SMILES string of the molecule is CN1CCN(c2ccc(NC(=O)c3ccc(NC(=O)CSc4nnnn4C)cc3)cn2)CC1. The minimum atomic E-state index is -0.243. The predicted octanol–water partition coefficient (Wildman–Crippen LogP) is 1.34. The van der Waals surface area contributed by atoms with Crippen molar-refractivity contribution < 1.29 is 9.59 Å². The van der Waals surface area contributed by atoms with E-state index in [1.54, 1.807) is 37.5 Å². The fourth-order valence-electron chi connectivity index (χ4n) is 3.26. The highest BCUT2D eigenvalue weighted by Crippen LogP contribution is 2.18. The average molecular weight is 468 g/mol. The Bertz CT molecular complexity index is 1090. The minimum absolute atomic E-state index is 0.174. The van der Waals surface area contributed by atoms with E-state index in [-0.39, 0.29) is 17.6 Å². The van der Waals surface area contributed by atoms with Crippen molar-refractivity contribution in [3.63, 3.8) is 0 Å². The van der Waals surface area contributed by atoms with E-state index in [0.29, 0.717) is 22.1 Å². The van der Waals surface area contributed by atoms with Gasteiger partial charge in [0.2, 0.25) is 11.1 Å². The zero-order chi connectivity index (χ0) is 23.2. The number of nitrogens with one attached hydrogen (secondary N) is 2. The van der Waals surface area contributed by atoms with Gasteiger partial charge in [-0.15, -0.1) is 5.10 Å². The Labute approximate surface area is 195 Å². The maximum Gasteiger partial charge on any atom is 0.255 e. The Morgan fingerprint density at radius 3 is 2.33 bits per heavy atom. The van der Waals surface area contributed by atoms with E-state index in [1.165, 1.54) is 16.4 Å². The summed E-state index contributed by atoms with van der Waals surface area (Å²) in [6.07, 6.45) is 1.67. The van der Waals surface area contributed by atoms with Gasteiger partial charge in [-0.05, 0) is 53.9 Å². The second-order valence-corrected chi connectivity index (χ2v) is 8.59. The average Bonchev–Trinajstić information content (AvgIpc) is 3.24. The molecular formula is C21H25N9O2S. The summed E-state index contributed by atoms with van der Waals surface area (Å²) in [7, 11) is 3.82. The van der Waals surface area contributed by atoms with Gasteiger partial charge in [0.25, 0.3) is 5.91 Å². The third-order valence-corrected chi connectivity index (χ3v) is 6.19. The molecule has 0 aliphatic carbocycles. The van der Waals surface area contributed by atoms with E-state index >= 15 is 0 Å². The van der Waals surface area contributed by atoms with Gasteiger partial charge >= 0.3 is 0 Å². The molecule has 2 amide bonds. The molecule has 1 saturated heterocycles. The van der Waals surface area contributed by atoms with Crippen LogP contribution < -0.4 is 15.5 Å². The number of benzene rings is 1. The van der Waals surface area contributed by atoms with Crippen molar-refractivity contribution in [2.45, 2.75) is 5.16 Å². The molecule has 1 fully saturated rings. The van der Waals surface area contributed by atoms with Crippen molar-refractivity contribution >= 4 is 40.8 Å². The van der Waals surface area contributed by atoms with Gasteiger partial charge < -0.3 is 20.4 Å². The minimum Gasteiger partial charge on any atom is -0.354 e. The van der Waals surface area contributed by atoms with E-state index in [1.807, 2.05) is 12.1 Å². The van der Waals surface area contributed by atoms with Crippen LogP contribution in [0, 0.1) is 0 Å². The second-order valence-electron chi connectivity index (χ2n) is 7.65. The zero-order valence-electron chi connectivity index (χ0n) is 18.4. The van der Waals surface area contributed by atoms with Gasteiger partial charge in [0.05, 0.1) is 17.6 Å². The number of anilines is 3. The number of piperazine rings is 1. The number of tetrazole rings is 1. The van der Waals surface area contributed by atoms with E-state index < -0.39 is 0 Å². The quantitative estimate of drug-likeness (QED) is 0.496. The van der Waals surface area contributed by atoms with Crippen molar-refractivity contribution in [2.24, 2.45) is 7.05 Å². The van der Waals surface area contributed by atoms with Crippen molar-refractivity contribution in [2.75, 3.05) is 54.5 Å². The number of pyridine rings is 1. The molecule has 11 nitrogen and oxygen atoms in total. The van der Waals surface area contributed by atoms with E-state index in [0.717, 1.165) is 32.0 Å². The third kappa shape index (κ3) is 6.05. The molecule has 33 heavy (non-hydrogen) atoms. The molecule has 0 radical (unpaired) electrons. The zero-order valence-corrected chi connectivity index (χ0v) is 19.2. The van der Waals surface area contributed by atoms with Crippen LogP contribution in [0.5, 0.6) is 0 Å². The van der Waals surface area contributed by atoms with Crippen LogP contribution >= 0.6 is 11.8 Å². The van der Waals surface area contributed by atoms with Gasteiger partial charge in [0.1, 0.15) is 5.82 Å². The normalized spacial score (nSPS) is 14.2. The number of thioether (sulfide) groups is 1. The first-order chi connectivity index (χ1) is 16.0. The summed E-state index contributed by atoms with van der Waals surface area (Å²) < 4.78 is 1.50. The largest absolute Gasteiger partial charge is 0.354 e.